The number of piperazine rings is 1. The second-order valence-corrected chi connectivity index (χ2v) is 15.5. The second kappa shape index (κ2) is 17.0. The topological polar surface area (TPSA) is 218 Å². The van der Waals surface area contributed by atoms with Crippen LogP contribution in [-0.2, 0) is 19.1 Å². The number of ether oxygens (including phenoxy) is 1. The molecule has 4 aromatic rings. The molecule has 4 aliphatic rings. The fourth-order valence-corrected chi connectivity index (χ4v) is 8.62. The van der Waals surface area contributed by atoms with Gasteiger partial charge in [-0.05, 0) is 62.9 Å². The highest BCUT2D eigenvalue weighted by Crippen LogP contribution is 2.34. The van der Waals surface area contributed by atoms with Gasteiger partial charge in [-0.1, -0.05) is 18.9 Å². The van der Waals surface area contributed by atoms with Crippen molar-refractivity contribution in [2.45, 2.75) is 70.9 Å². The summed E-state index contributed by atoms with van der Waals surface area (Å²) in [4.78, 5) is 108. The van der Waals surface area contributed by atoms with Crippen LogP contribution in [-0.4, -0.2) is 117 Å². The van der Waals surface area contributed by atoms with Crippen LogP contribution in [0.1, 0.15) is 94.5 Å². The summed E-state index contributed by atoms with van der Waals surface area (Å²) >= 11 is 0. The van der Waals surface area contributed by atoms with Crippen molar-refractivity contribution in [2.24, 2.45) is 0 Å². The third-order valence-electron chi connectivity index (χ3n) is 11.7. The van der Waals surface area contributed by atoms with Crippen LogP contribution in [0.2, 0.25) is 0 Å². The van der Waals surface area contributed by atoms with Gasteiger partial charge in [-0.15, -0.1) is 0 Å². The molecule has 1 unspecified atom stereocenters. The molecule has 3 aliphatic heterocycles. The third-order valence-corrected chi connectivity index (χ3v) is 11.7. The van der Waals surface area contributed by atoms with Crippen molar-refractivity contribution in [3.8, 4) is 0 Å². The SMILES string of the molecule is CC(=O)c1c(C)c2cnc(Nc3ccc(N4CCN(C(=O)CCOCCNc5cccc6c5C(=O)N(C5CCC(=O)NC5=O)C6=O)CC4)cn3)nc2n(C2CCCC2)c1=O. The standard InChI is InChI=1S/C42H46N10O8/c1-24-29-23-45-42(48-37(29)51(26-6-3-4-7-26)40(58)35(24)25(2)53)46-32-12-10-27(22-44-32)49-16-18-50(19-17-49)34(55)14-20-60-21-15-43-30-9-5-8-28-36(30)41(59)52(39(28)57)31-11-13-33(54)47-38(31)56/h5,8-10,12,22-23,26,31,43H,3-4,6-7,11,13-21H2,1-2H3,(H,47,54,56)(H,44,45,46,48). The Kier molecular flexibility index (Phi) is 11.4. The van der Waals surface area contributed by atoms with E-state index >= 15 is 0 Å². The lowest BCUT2D eigenvalue weighted by Gasteiger charge is -2.36. The average molecular weight is 819 g/mol. The first-order valence-electron chi connectivity index (χ1n) is 20.3. The molecule has 2 saturated heterocycles. The van der Waals surface area contributed by atoms with Crippen molar-refractivity contribution in [3.63, 3.8) is 0 Å². The van der Waals surface area contributed by atoms with Gasteiger partial charge in [-0.2, -0.15) is 4.98 Å². The number of carbonyl (C=O) groups excluding carboxylic acids is 6. The van der Waals surface area contributed by atoms with Crippen LogP contribution in [0.4, 0.5) is 23.1 Å². The van der Waals surface area contributed by atoms with Crippen LogP contribution in [0.15, 0.2) is 47.5 Å². The zero-order chi connectivity index (χ0) is 42.1. The van der Waals surface area contributed by atoms with Gasteiger partial charge in [0, 0.05) is 62.5 Å². The Morgan fingerprint density at radius 3 is 2.42 bits per heavy atom. The zero-order valence-electron chi connectivity index (χ0n) is 33.5. The van der Waals surface area contributed by atoms with E-state index in [4.69, 9.17) is 9.72 Å². The molecule has 3 fully saturated rings. The molecule has 18 heteroatoms. The minimum Gasteiger partial charge on any atom is -0.382 e. The molecule has 60 heavy (non-hydrogen) atoms. The van der Waals surface area contributed by atoms with Crippen LogP contribution in [0, 0.1) is 6.92 Å². The van der Waals surface area contributed by atoms with E-state index in [-0.39, 0.29) is 72.5 Å². The monoisotopic (exact) mass is 818 g/mol. The summed E-state index contributed by atoms with van der Waals surface area (Å²) < 4.78 is 7.41. The van der Waals surface area contributed by atoms with Crippen LogP contribution in [0.5, 0.6) is 0 Å². The average Bonchev–Trinajstić information content (AvgIpc) is 3.86. The Labute approximate surface area is 344 Å². The molecule has 1 atom stereocenters. The van der Waals surface area contributed by atoms with E-state index in [9.17, 15) is 33.6 Å². The molecule has 3 aromatic heterocycles. The normalized spacial score (nSPS) is 18.3. The Morgan fingerprint density at radius 2 is 1.70 bits per heavy atom. The number of hydrogen-bond acceptors (Lipinski definition) is 14. The Bertz CT molecular complexity index is 2460. The largest absolute Gasteiger partial charge is 0.382 e. The van der Waals surface area contributed by atoms with Crippen molar-refractivity contribution < 1.29 is 33.5 Å². The van der Waals surface area contributed by atoms with Gasteiger partial charge in [0.15, 0.2) is 5.78 Å². The predicted octanol–water partition coefficient (Wildman–Crippen LogP) is 3.12. The number of nitrogens with zero attached hydrogens (tertiary/aromatic N) is 7. The van der Waals surface area contributed by atoms with Gasteiger partial charge in [0.2, 0.25) is 23.7 Å². The van der Waals surface area contributed by atoms with E-state index in [2.05, 4.69) is 30.8 Å². The molecular formula is C42H46N10O8. The number of ketones is 1. The summed E-state index contributed by atoms with van der Waals surface area (Å²) in [5, 5.41) is 9.17. The Balaban J connectivity index is 0.791. The van der Waals surface area contributed by atoms with E-state index < -0.39 is 29.7 Å². The van der Waals surface area contributed by atoms with Crippen molar-refractivity contribution in [2.75, 3.05) is 61.5 Å². The molecular weight excluding hydrogens is 773 g/mol. The van der Waals surface area contributed by atoms with Crippen molar-refractivity contribution in [1.29, 1.82) is 0 Å². The Hall–Kier alpha value is -6.56. The number of fused-ring (bicyclic) bond motifs is 2. The maximum atomic E-state index is 13.5. The van der Waals surface area contributed by atoms with Crippen LogP contribution in [0.25, 0.3) is 11.0 Å². The van der Waals surface area contributed by atoms with Gasteiger partial charge >= 0.3 is 0 Å². The number of piperidine rings is 1. The highest BCUT2D eigenvalue weighted by atomic mass is 16.5. The molecule has 18 nitrogen and oxygen atoms in total. The lowest BCUT2D eigenvalue weighted by Crippen LogP contribution is -2.54. The molecule has 5 amide bonds. The molecule has 0 radical (unpaired) electrons. The number of carbonyl (C=O) groups is 6. The van der Waals surface area contributed by atoms with Gasteiger partial charge in [-0.3, -0.25) is 48.3 Å². The number of pyridine rings is 2. The van der Waals surface area contributed by atoms with Gasteiger partial charge in [0.05, 0.1) is 48.2 Å². The van der Waals surface area contributed by atoms with Crippen LogP contribution >= 0.6 is 0 Å². The van der Waals surface area contributed by atoms with E-state index in [1.807, 2.05) is 17.0 Å². The number of anilines is 4. The number of aryl methyl sites for hydroxylation is 1. The van der Waals surface area contributed by atoms with E-state index in [1.54, 1.807) is 36.0 Å². The summed E-state index contributed by atoms with van der Waals surface area (Å²) in [6.45, 7) is 6.29. The fraction of sp³-hybridized carbons (Fsp3) is 0.429. The number of rotatable bonds is 13. The first-order valence-corrected chi connectivity index (χ1v) is 20.3. The number of Topliss-reactive ketones (excluding diaryl/α,β-unsaturated/α-hetero) is 1. The lowest BCUT2D eigenvalue weighted by molar-refractivity contribution is -0.136. The smallest absolute Gasteiger partial charge is 0.264 e. The van der Waals surface area contributed by atoms with Crippen molar-refractivity contribution in [1.82, 2.24) is 34.6 Å². The predicted molar refractivity (Wildman–Crippen MR) is 219 cm³/mol. The Morgan fingerprint density at radius 1 is 0.917 bits per heavy atom. The molecule has 0 bridgehead atoms. The van der Waals surface area contributed by atoms with E-state index in [0.29, 0.717) is 66.8 Å². The number of benzene rings is 1. The van der Waals surface area contributed by atoms with Gasteiger partial charge < -0.3 is 25.2 Å². The summed E-state index contributed by atoms with van der Waals surface area (Å²) in [6, 6.07) is 7.57. The van der Waals surface area contributed by atoms with E-state index in [0.717, 1.165) is 36.3 Å². The lowest BCUT2D eigenvalue weighted by atomic mass is 10.0. The van der Waals surface area contributed by atoms with E-state index in [1.165, 1.54) is 13.0 Å². The molecule has 1 aromatic carbocycles. The van der Waals surface area contributed by atoms with Crippen molar-refractivity contribution in [3.05, 3.63) is 75.3 Å². The highest BCUT2D eigenvalue weighted by Gasteiger charge is 2.45. The molecule has 1 aliphatic carbocycles. The van der Waals surface area contributed by atoms with Gasteiger partial charge in [-0.25, -0.2) is 9.97 Å². The maximum absolute atomic E-state index is 13.5. The summed E-state index contributed by atoms with van der Waals surface area (Å²) in [5.41, 5.74) is 2.69. The number of amides is 5. The summed E-state index contributed by atoms with van der Waals surface area (Å²) in [7, 11) is 0. The summed E-state index contributed by atoms with van der Waals surface area (Å²) in [5.74, 6) is -1.72. The zero-order valence-corrected chi connectivity index (χ0v) is 33.5. The fourth-order valence-electron chi connectivity index (χ4n) is 8.62. The quantitative estimate of drug-likeness (QED) is 0.100. The number of aromatic nitrogens is 4. The van der Waals surface area contributed by atoms with Crippen LogP contribution < -0.4 is 26.4 Å². The maximum Gasteiger partial charge on any atom is 0.264 e. The molecule has 8 rings (SSSR count). The number of nitrogens with one attached hydrogen (secondary N) is 3. The minimum absolute atomic E-state index is 0.0136. The van der Waals surface area contributed by atoms with Gasteiger partial charge in [0.25, 0.3) is 17.4 Å². The third kappa shape index (κ3) is 7.81. The highest BCUT2D eigenvalue weighted by molar-refractivity contribution is 6.25. The second-order valence-electron chi connectivity index (χ2n) is 15.5. The van der Waals surface area contributed by atoms with Crippen LogP contribution in [0.3, 0.4) is 0 Å². The first-order chi connectivity index (χ1) is 29.0. The minimum atomic E-state index is -1.04. The van der Waals surface area contributed by atoms with Crippen molar-refractivity contribution >= 4 is 69.5 Å². The molecule has 0 spiro atoms. The molecule has 312 valence electrons. The molecule has 6 heterocycles. The molecule has 1 saturated carbocycles. The number of hydrogen-bond donors (Lipinski definition) is 3. The summed E-state index contributed by atoms with van der Waals surface area (Å²) in [6.07, 6.45) is 7.49. The first kappa shape index (κ1) is 40.2. The van der Waals surface area contributed by atoms with Gasteiger partial charge in [0.1, 0.15) is 17.5 Å². The number of imide groups is 2. The molecule has 3 N–H and O–H groups in total.